The molecule has 2 aromatic carbocycles. The lowest BCUT2D eigenvalue weighted by atomic mass is 9.87. The normalized spacial score (nSPS) is 17.5. The molecule has 0 aromatic heterocycles. The molecule has 21 heavy (non-hydrogen) atoms. The van der Waals surface area contributed by atoms with Gasteiger partial charge < -0.3 is 10.4 Å². The van der Waals surface area contributed by atoms with Crippen LogP contribution >= 0.6 is 0 Å². The minimum Gasteiger partial charge on any atom is -0.508 e. The van der Waals surface area contributed by atoms with E-state index in [4.69, 9.17) is 0 Å². The Bertz CT molecular complexity index is 657. The van der Waals surface area contributed by atoms with Crippen LogP contribution in [0.3, 0.4) is 0 Å². The van der Waals surface area contributed by atoms with Crippen molar-refractivity contribution in [1.82, 2.24) is 5.32 Å². The molecule has 1 unspecified atom stereocenters. The Morgan fingerprint density at radius 2 is 1.95 bits per heavy atom. The third-order valence-corrected chi connectivity index (χ3v) is 3.98. The van der Waals surface area contributed by atoms with Crippen molar-refractivity contribution in [1.29, 1.82) is 0 Å². The maximum Gasteiger partial charge on any atom is 0.159 e. The number of fused-ring (bicyclic) bond motifs is 1. The van der Waals surface area contributed by atoms with Gasteiger partial charge in [0, 0.05) is 12.6 Å². The van der Waals surface area contributed by atoms with Crippen LogP contribution in [-0.2, 0) is 13.0 Å². The number of rotatable bonds is 3. The lowest BCUT2D eigenvalue weighted by Gasteiger charge is -2.26. The quantitative estimate of drug-likeness (QED) is 0.900. The molecule has 3 rings (SSSR count). The van der Waals surface area contributed by atoms with Gasteiger partial charge in [0.25, 0.3) is 0 Å². The van der Waals surface area contributed by atoms with Crippen molar-refractivity contribution in [3.8, 4) is 5.75 Å². The van der Waals surface area contributed by atoms with Crippen molar-refractivity contribution in [2.24, 2.45) is 0 Å². The van der Waals surface area contributed by atoms with Gasteiger partial charge >= 0.3 is 0 Å². The topological polar surface area (TPSA) is 32.3 Å². The van der Waals surface area contributed by atoms with Gasteiger partial charge in [0.1, 0.15) is 5.75 Å². The summed E-state index contributed by atoms with van der Waals surface area (Å²) in [5.41, 5.74) is 3.05. The molecule has 2 aromatic rings. The Morgan fingerprint density at radius 1 is 1.10 bits per heavy atom. The minimum absolute atomic E-state index is 0.133. The van der Waals surface area contributed by atoms with Crippen LogP contribution in [0.15, 0.2) is 36.4 Å². The van der Waals surface area contributed by atoms with Gasteiger partial charge in [0.15, 0.2) is 11.6 Å². The summed E-state index contributed by atoms with van der Waals surface area (Å²) in [5, 5.41) is 13.0. The highest BCUT2D eigenvalue weighted by atomic mass is 19.2. The molecule has 110 valence electrons. The Hall–Kier alpha value is -1.94. The Morgan fingerprint density at radius 3 is 2.76 bits per heavy atom. The molecule has 0 heterocycles. The fraction of sp³-hybridized carbons (Fsp3) is 0.294. The molecule has 0 bridgehead atoms. The number of halogens is 2. The van der Waals surface area contributed by atoms with Crippen LogP contribution in [0.5, 0.6) is 5.75 Å². The number of hydrogen-bond donors (Lipinski definition) is 2. The molecule has 0 aliphatic heterocycles. The number of hydrogen-bond acceptors (Lipinski definition) is 2. The molecule has 1 atom stereocenters. The first-order valence-corrected chi connectivity index (χ1v) is 7.12. The molecule has 1 aliphatic carbocycles. The van der Waals surface area contributed by atoms with Crippen molar-refractivity contribution in [2.75, 3.05) is 0 Å². The highest BCUT2D eigenvalue weighted by Crippen LogP contribution is 2.32. The number of phenols is 1. The van der Waals surface area contributed by atoms with E-state index in [0.717, 1.165) is 30.9 Å². The smallest absolute Gasteiger partial charge is 0.159 e. The van der Waals surface area contributed by atoms with Crippen LogP contribution in [0.4, 0.5) is 8.78 Å². The van der Waals surface area contributed by atoms with Crippen molar-refractivity contribution in [3.63, 3.8) is 0 Å². The first-order valence-electron chi connectivity index (χ1n) is 7.12. The fourth-order valence-electron chi connectivity index (χ4n) is 2.89. The van der Waals surface area contributed by atoms with Crippen molar-refractivity contribution < 1.29 is 13.9 Å². The van der Waals surface area contributed by atoms with E-state index in [1.54, 1.807) is 18.2 Å². The molecule has 2 N–H and O–H groups in total. The third kappa shape index (κ3) is 3.05. The largest absolute Gasteiger partial charge is 0.508 e. The summed E-state index contributed by atoms with van der Waals surface area (Å²) in [6.07, 6.45) is 3.06. The average molecular weight is 289 g/mol. The Labute approximate surface area is 122 Å². The molecule has 0 spiro atoms. The van der Waals surface area contributed by atoms with Gasteiger partial charge in [-0.3, -0.25) is 0 Å². The van der Waals surface area contributed by atoms with Crippen LogP contribution in [0.2, 0.25) is 0 Å². The number of nitrogens with one attached hydrogen (secondary N) is 1. The molecule has 1 aliphatic rings. The standard InChI is InChI=1S/C17H17F2NO/c18-15-7-4-11(8-16(15)19)10-20-17-3-1-2-12-5-6-13(21)9-14(12)17/h4-9,17,20-21H,1-3,10H2. The van der Waals surface area contributed by atoms with Crippen molar-refractivity contribution in [3.05, 3.63) is 64.7 Å². The summed E-state index contributed by atoms with van der Waals surface area (Å²) >= 11 is 0. The molecule has 0 saturated heterocycles. The molecule has 0 saturated carbocycles. The van der Waals surface area contributed by atoms with E-state index in [2.05, 4.69) is 5.32 Å². The predicted molar refractivity (Wildman–Crippen MR) is 77.0 cm³/mol. The molecule has 2 nitrogen and oxygen atoms in total. The maximum absolute atomic E-state index is 13.2. The van der Waals surface area contributed by atoms with Crippen LogP contribution in [-0.4, -0.2) is 5.11 Å². The second-order valence-corrected chi connectivity index (χ2v) is 5.46. The van der Waals surface area contributed by atoms with E-state index in [1.165, 1.54) is 11.6 Å². The number of aromatic hydroxyl groups is 1. The van der Waals surface area contributed by atoms with Gasteiger partial charge in [-0.15, -0.1) is 0 Å². The van der Waals surface area contributed by atoms with Gasteiger partial charge in [-0.25, -0.2) is 8.78 Å². The predicted octanol–water partition coefficient (Wildman–Crippen LogP) is 3.84. The number of phenolic OH excluding ortho intramolecular Hbond substituents is 1. The summed E-state index contributed by atoms with van der Waals surface area (Å²) in [5.74, 6) is -1.39. The second kappa shape index (κ2) is 5.82. The lowest BCUT2D eigenvalue weighted by Crippen LogP contribution is -2.24. The van der Waals surface area contributed by atoms with Crippen LogP contribution < -0.4 is 5.32 Å². The van der Waals surface area contributed by atoms with E-state index in [9.17, 15) is 13.9 Å². The van der Waals surface area contributed by atoms with Gasteiger partial charge in [0.05, 0.1) is 0 Å². The number of benzene rings is 2. The van der Waals surface area contributed by atoms with Crippen molar-refractivity contribution in [2.45, 2.75) is 31.8 Å². The van der Waals surface area contributed by atoms with Gasteiger partial charge in [-0.1, -0.05) is 12.1 Å². The summed E-state index contributed by atoms with van der Waals surface area (Å²) in [6, 6.07) is 9.53. The highest BCUT2D eigenvalue weighted by molar-refractivity contribution is 5.38. The van der Waals surface area contributed by atoms with E-state index >= 15 is 0 Å². The van der Waals surface area contributed by atoms with E-state index in [1.807, 2.05) is 6.07 Å². The number of aryl methyl sites for hydroxylation is 1. The zero-order valence-corrected chi connectivity index (χ0v) is 11.6. The van der Waals surface area contributed by atoms with E-state index in [0.29, 0.717) is 12.1 Å². The maximum atomic E-state index is 13.2. The molecule has 0 radical (unpaired) electrons. The summed E-state index contributed by atoms with van der Waals surface area (Å²) in [4.78, 5) is 0. The molecule has 0 fully saturated rings. The first-order chi connectivity index (χ1) is 10.1. The van der Waals surface area contributed by atoms with Gasteiger partial charge in [-0.2, -0.15) is 0 Å². The zero-order chi connectivity index (χ0) is 14.8. The summed E-state index contributed by atoms with van der Waals surface area (Å²) < 4.78 is 26.1. The van der Waals surface area contributed by atoms with Crippen LogP contribution in [0.25, 0.3) is 0 Å². The van der Waals surface area contributed by atoms with Gasteiger partial charge in [-0.05, 0) is 60.2 Å². The molecule has 0 amide bonds. The first kappa shape index (κ1) is 14.0. The Kier molecular flexibility index (Phi) is 3.88. The minimum atomic E-state index is -0.827. The van der Waals surface area contributed by atoms with Crippen molar-refractivity contribution >= 4 is 0 Å². The lowest BCUT2D eigenvalue weighted by molar-refractivity contribution is 0.444. The SMILES string of the molecule is Oc1ccc2c(c1)C(NCc1ccc(F)c(F)c1)CCC2. The van der Waals surface area contributed by atoms with Crippen LogP contribution in [0.1, 0.15) is 35.6 Å². The van der Waals surface area contributed by atoms with E-state index in [-0.39, 0.29) is 11.8 Å². The van der Waals surface area contributed by atoms with E-state index < -0.39 is 11.6 Å². The molecular formula is C17H17F2NO. The highest BCUT2D eigenvalue weighted by Gasteiger charge is 2.20. The third-order valence-electron chi connectivity index (χ3n) is 3.98. The second-order valence-electron chi connectivity index (χ2n) is 5.46. The monoisotopic (exact) mass is 289 g/mol. The molecular weight excluding hydrogens is 272 g/mol. The average Bonchev–Trinajstić information content (AvgIpc) is 2.48. The summed E-state index contributed by atoms with van der Waals surface area (Å²) in [6.45, 7) is 0.469. The zero-order valence-electron chi connectivity index (χ0n) is 11.6. The fourth-order valence-corrected chi connectivity index (χ4v) is 2.89. The Balaban J connectivity index is 1.74. The van der Waals surface area contributed by atoms with Gasteiger partial charge in [0.2, 0.25) is 0 Å². The van der Waals surface area contributed by atoms with Crippen LogP contribution in [0, 0.1) is 11.6 Å². The summed E-state index contributed by atoms with van der Waals surface area (Å²) in [7, 11) is 0. The molecule has 4 heteroatoms.